The number of fused-ring (bicyclic) bond motifs is 1. The van der Waals surface area contributed by atoms with Gasteiger partial charge in [-0.05, 0) is 59.7 Å². The maximum Gasteiger partial charge on any atom is 0.170 e. The molecule has 2 aliphatic rings. The van der Waals surface area contributed by atoms with Crippen LogP contribution in [0.1, 0.15) is 40.0 Å². The van der Waals surface area contributed by atoms with E-state index in [1.54, 1.807) is 6.33 Å². The van der Waals surface area contributed by atoms with Gasteiger partial charge in [-0.15, -0.1) is 0 Å². The van der Waals surface area contributed by atoms with Gasteiger partial charge in [-0.1, -0.05) is 24.3 Å². The van der Waals surface area contributed by atoms with Crippen LogP contribution < -0.4 is 10.6 Å². The second-order valence-electron chi connectivity index (χ2n) is 8.07. The lowest BCUT2D eigenvalue weighted by Gasteiger charge is -2.26. The number of rotatable bonds is 5. The lowest BCUT2D eigenvalue weighted by atomic mass is 9.92. The summed E-state index contributed by atoms with van der Waals surface area (Å²) in [5.41, 5.74) is 16.4. The third-order valence-electron chi connectivity index (χ3n) is 6.12. The Morgan fingerprint density at radius 3 is 2.76 bits per heavy atom. The zero-order valence-corrected chi connectivity index (χ0v) is 16.7. The second-order valence-corrected chi connectivity index (χ2v) is 8.07. The topological polar surface area (TPSA) is 75.0 Å². The highest BCUT2D eigenvalue weighted by Gasteiger charge is 2.30. The average Bonchev–Trinajstić information content (AvgIpc) is 3.33. The van der Waals surface area contributed by atoms with Gasteiger partial charge in [-0.2, -0.15) is 0 Å². The largest absolute Gasteiger partial charge is 0.402 e. The maximum atomic E-state index is 11.5. The van der Waals surface area contributed by atoms with Gasteiger partial charge in [0.15, 0.2) is 6.29 Å². The SMILES string of the molecule is Cc1c(-c2ccc3c(c2)C=C(N)C3)ccc(-c2[nH]cnc2C=O)c1N(C)C1CC1. The second kappa shape index (κ2) is 6.62. The maximum absolute atomic E-state index is 11.5. The van der Waals surface area contributed by atoms with Crippen LogP contribution in [-0.2, 0) is 6.42 Å². The molecule has 0 saturated heterocycles. The summed E-state index contributed by atoms with van der Waals surface area (Å²) in [7, 11) is 2.15. The third kappa shape index (κ3) is 2.94. The van der Waals surface area contributed by atoms with E-state index in [1.165, 1.54) is 40.7 Å². The van der Waals surface area contributed by atoms with E-state index in [0.717, 1.165) is 35.3 Å². The number of imidazole rings is 1. The number of nitrogens with one attached hydrogen (secondary N) is 1. The van der Waals surface area contributed by atoms with Gasteiger partial charge in [0.2, 0.25) is 0 Å². The summed E-state index contributed by atoms with van der Waals surface area (Å²) in [4.78, 5) is 21.2. The number of hydrogen-bond donors (Lipinski definition) is 2. The van der Waals surface area contributed by atoms with Crippen molar-refractivity contribution < 1.29 is 4.79 Å². The number of aromatic amines is 1. The molecule has 5 heteroatoms. The molecule has 5 rings (SSSR count). The van der Waals surface area contributed by atoms with Crippen LogP contribution >= 0.6 is 0 Å². The van der Waals surface area contributed by atoms with Gasteiger partial charge in [0.05, 0.1) is 12.0 Å². The minimum Gasteiger partial charge on any atom is -0.402 e. The molecule has 0 unspecified atom stereocenters. The molecule has 0 spiro atoms. The molecule has 0 radical (unpaired) electrons. The van der Waals surface area contributed by atoms with Crippen molar-refractivity contribution in [1.82, 2.24) is 9.97 Å². The van der Waals surface area contributed by atoms with E-state index in [4.69, 9.17) is 5.73 Å². The van der Waals surface area contributed by atoms with Gasteiger partial charge in [0.1, 0.15) is 5.69 Å². The number of aldehydes is 1. The van der Waals surface area contributed by atoms with E-state index >= 15 is 0 Å². The van der Waals surface area contributed by atoms with Gasteiger partial charge < -0.3 is 15.6 Å². The van der Waals surface area contributed by atoms with Crippen LogP contribution in [-0.4, -0.2) is 29.3 Å². The van der Waals surface area contributed by atoms with Gasteiger partial charge in [0, 0.05) is 36.5 Å². The first kappa shape index (κ1) is 17.7. The van der Waals surface area contributed by atoms with Gasteiger partial charge >= 0.3 is 0 Å². The predicted octanol–water partition coefficient (Wildman–Crippen LogP) is 4.32. The molecule has 146 valence electrons. The summed E-state index contributed by atoms with van der Waals surface area (Å²) in [5, 5.41) is 0. The summed E-state index contributed by atoms with van der Waals surface area (Å²) in [6.45, 7) is 2.17. The minimum atomic E-state index is 0.445. The van der Waals surface area contributed by atoms with Crippen molar-refractivity contribution in [2.24, 2.45) is 5.73 Å². The van der Waals surface area contributed by atoms with E-state index in [-0.39, 0.29) is 0 Å². The Hall–Kier alpha value is -3.34. The number of nitrogens with zero attached hydrogens (tertiary/aromatic N) is 2. The van der Waals surface area contributed by atoms with Crippen LogP contribution in [0.4, 0.5) is 5.69 Å². The smallest absolute Gasteiger partial charge is 0.170 e. The summed E-state index contributed by atoms with van der Waals surface area (Å²) in [6, 6.07) is 11.4. The minimum absolute atomic E-state index is 0.445. The number of anilines is 1. The molecule has 0 aliphatic heterocycles. The number of nitrogens with two attached hydrogens (primary N) is 1. The fourth-order valence-electron chi connectivity index (χ4n) is 4.45. The zero-order chi connectivity index (χ0) is 20.1. The first-order valence-electron chi connectivity index (χ1n) is 10.0. The molecule has 3 aromatic rings. The first-order valence-corrected chi connectivity index (χ1v) is 10.0. The molecular formula is C24H24N4O. The predicted molar refractivity (Wildman–Crippen MR) is 117 cm³/mol. The monoisotopic (exact) mass is 384 g/mol. The first-order chi connectivity index (χ1) is 14.1. The van der Waals surface area contributed by atoms with Crippen LogP contribution in [0.15, 0.2) is 42.4 Å². The van der Waals surface area contributed by atoms with Crippen molar-refractivity contribution >= 4 is 18.0 Å². The fourth-order valence-corrected chi connectivity index (χ4v) is 4.45. The van der Waals surface area contributed by atoms with Crippen LogP contribution in [0.5, 0.6) is 0 Å². The Bertz CT molecular complexity index is 1150. The molecular weight excluding hydrogens is 360 g/mol. The quantitative estimate of drug-likeness (QED) is 0.643. The fraction of sp³-hybridized carbons (Fsp3) is 0.250. The Kier molecular flexibility index (Phi) is 4.05. The van der Waals surface area contributed by atoms with Crippen molar-refractivity contribution in [3.8, 4) is 22.4 Å². The molecule has 0 atom stereocenters. The summed E-state index contributed by atoms with van der Waals surface area (Å²) in [6.07, 6.45) is 7.70. The number of hydrogen-bond acceptors (Lipinski definition) is 4. The Balaban J connectivity index is 1.68. The molecule has 3 N–H and O–H groups in total. The van der Waals surface area contributed by atoms with Gasteiger partial charge in [0.25, 0.3) is 0 Å². The van der Waals surface area contributed by atoms with Crippen LogP contribution in [0.2, 0.25) is 0 Å². The number of H-pyrrole nitrogens is 1. The Morgan fingerprint density at radius 2 is 2.00 bits per heavy atom. The standard InChI is InChI=1S/C24H24N4O/c1-14-20(16-4-3-15-10-18(25)11-17(15)9-16)7-8-21(23-22(12-29)26-13-27-23)24(14)28(2)19-5-6-19/h3-4,7-9,11-13,19H,5-6,10,25H2,1-2H3,(H,26,27). The summed E-state index contributed by atoms with van der Waals surface area (Å²) < 4.78 is 0. The number of allylic oxidation sites excluding steroid dienone is 1. The molecule has 2 aliphatic carbocycles. The van der Waals surface area contributed by atoms with Crippen molar-refractivity contribution in [3.05, 3.63) is 64.7 Å². The molecule has 1 saturated carbocycles. The van der Waals surface area contributed by atoms with E-state index in [1.807, 2.05) is 0 Å². The van der Waals surface area contributed by atoms with E-state index in [2.05, 4.69) is 65.2 Å². The highest BCUT2D eigenvalue weighted by Crippen LogP contribution is 2.43. The third-order valence-corrected chi connectivity index (χ3v) is 6.12. The number of carbonyl (C=O) groups excluding carboxylic acids is 1. The molecule has 1 aromatic heterocycles. The Labute approximate surface area is 170 Å². The highest BCUT2D eigenvalue weighted by molar-refractivity contribution is 5.92. The zero-order valence-electron chi connectivity index (χ0n) is 16.7. The highest BCUT2D eigenvalue weighted by atomic mass is 16.1. The molecule has 1 heterocycles. The van der Waals surface area contributed by atoms with Crippen LogP contribution in [0, 0.1) is 6.92 Å². The normalized spacial score (nSPS) is 15.2. The van der Waals surface area contributed by atoms with E-state index in [9.17, 15) is 4.79 Å². The summed E-state index contributed by atoms with van der Waals surface area (Å²) >= 11 is 0. The average molecular weight is 384 g/mol. The lowest BCUT2D eigenvalue weighted by molar-refractivity contribution is 0.112. The molecule has 29 heavy (non-hydrogen) atoms. The van der Waals surface area contributed by atoms with Crippen molar-refractivity contribution in [3.63, 3.8) is 0 Å². The van der Waals surface area contributed by atoms with E-state index in [0.29, 0.717) is 11.7 Å². The van der Waals surface area contributed by atoms with Gasteiger partial charge in [-0.25, -0.2) is 4.98 Å². The molecule has 5 nitrogen and oxygen atoms in total. The number of carbonyl (C=O) groups is 1. The van der Waals surface area contributed by atoms with Crippen molar-refractivity contribution in [2.45, 2.75) is 32.2 Å². The van der Waals surface area contributed by atoms with Crippen LogP contribution in [0.3, 0.4) is 0 Å². The summed E-state index contributed by atoms with van der Waals surface area (Å²) in [5.74, 6) is 0. The molecule has 2 aromatic carbocycles. The number of aromatic nitrogens is 2. The Morgan fingerprint density at radius 1 is 1.21 bits per heavy atom. The lowest BCUT2D eigenvalue weighted by Crippen LogP contribution is -2.21. The van der Waals surface area contributed by atoms with E-state index < -0.39 is 0 Å². The molecule has 0 bridgehead atoms. The van der Waals surface area contributed by atoms with Gasteiger partial charge in [-0.3, -0.25) is 4.79 Å². The molecule has 1 fully saturated rings. The van der Waals surface area contributed by atoms with Crippen molar-refractivity contribution in [1.29, 1.82) is 0 Å². The number of benzene rings is 2. The van der Waals surface area contributed by atoms with Crippen LogP contribution in [0.25, 0.3) is 28.5 Å². The molecule has 0 amide bonds. The van der Waals surface area contributed by atoms with Crippen molar-refractivity contribution in [2.75, 3.05) is 11.9 Å².